The first-order valence-electron chi connectivity index (χ1n) is 9.12. The highest BCUT2D eigenvalue weighted by Crippen LogP contribution is 2.35. The molecule has 3 aromatic rings. The van der Waals surface area contributed by atoms with Crippen LogP contribution in [0.3, 0.4) is 0 Å². The van der Waals surface area contributed by atoms with E-state index in [1.54, 1.807) is 37.4 Å². The molecule has 0 fully saturated rings. The zero-order valence-electron chi connectivity index (χ0n) is 16.3. The zero-order chi connectivity index (χ0) is 21.1. The number of phenols is 1. The Morgan fingerprint density at radius 2 is 2.00 bits per heavy atom. The van der Waals surface area contributed by atoms with Crippen molar-refractivity contribution in [2.75, 3.05) is 18.9 Å². The number of phenolic OH excluding ortho intramolecular Hbond substituents is 1. The van der Waals surface area contributed by atoms with Crippen LogP contribution in [0.15, 0.2) is 30.5 Å². The van der Waals surface area contributed by atoms with E-state index < -0.39 is 5.91 Å². The molecule has 0 aliphatic heterocycles. The van der Waals surface area contributed by atoms with Crippen molar-refractivity contribution in [1.82, 2.24) is 14.8 Å². The third-order valence-corrected chi connectivity index (χ3v) is 4.58. The van der Waals surface area contributed by atoms with Crippen molar-refractivity contribution in [2.45, 2.75) is 20.3 Å². The molecule has 29 heavy (non-hydrogen) atoms. The summed E-state index contributed by atoms with van der Waals surface area (Å²) < 4.78 is 7.16. The fourth-order valence-electron chi connectivity index (χ4n) is 3.11. The lowest BCUT2D eigenvalue weighted by molar-refractivity contribution is 0.100. The Kier molecular flexibility index (Phi) is 5.69. The number of amides is 1. The highest BCUT2D eigenvalue weighted by Gasteiger charge is 2.26. The van der Waals surface area contributed by atoms with Crippen LogP contribution in [0, 0.1) is 13.8 Å². The van der Waals surface area contributed by atoms with Gasteiger partial charge in [-0.1, -0.05) is 6.07 Å². The van der Waals surface area contributed by atoms with Gasteiger partial charge in [0.05, 0.1) is 12.3 Å². The number of aromatic nitrogens is 3. The second kappa shape index (κ2) is 8.19. The number of hydrogen-bond acceptors (Lipinski definition) is 7. The van der Waals surface area contributed by atoms with Crippen LogP contribution in [-0.2, 0) is 0 Å². The summed E-state index contributed by atoms with van der Waals surface area (Å²) in [5, 5.41) is 14.7. The van der Waals surface area contributed by atoms with Crippen LogP contribution in [-0.4, -0.2) is 38.9 Å². The van der Waals surface area contributed by atoms with Gasteiger partial charge in [-0.15, -0.1) is 0 Å². The molecule has 2 aromatic heterocycles. The summed E-state index contributed by atoms with van der Waals surface area (Å²) >= 11 is 0. The first-order chi connectivity index (χ1) is 13.9. The normalized spacial score (nSPS) is 10.9. The first kappa shape index (κ1) is 20.2. The largest absolute Gasteiger partial charge is 0.508 e. The van der Waals surface area contributed by atoms with Gasteiger partial charge < -0.3 is 27.0 Å². The van der Waals surface area contributed by atoms with E-state index in [1.165, 1.54) is 4.68 Å². The van der Waals surface area contributed by atoms with Crippen LogP contribution >= 0.6 is 0 Å². The van der Waals surface area contributed by atoms with Crippen molar-refractivity contribution in [3.63, 3.8) is 0 Å². The second-order valence-corrected chi connectivity index (χ2v) is 6.60. The lowest BCUT2D eigenvalue weighted by Crippen LogP contribution is -2.15. The van der Waals surface area contributed by atoms with Crippen molar-refractivity contribution in [2.24, 2.45) is 11.5 Å². The molecular formula is C20H24N6O3. The summed E-state index contributed by atoms with van der Waals surface area (Å²) in [6.07, 6.45) is 2.23. The summed E-state index contributed by atoms with van der Waals surface area (Å²) in [4.78, 5) is 16.6. The zero-order valence-corrected chi connectivity index (χ0v) is 16.3. The SMILES string of the molecule is Cc1ccc(O)c(C)c1-n1nc(-c2ncccc2OCCCN)c(C(N)=O)c1N. The minimum absolute atomic E-state index is 0.0366. The van der Waals surface area contributed by atoms with E-state index in [9.17, 15) is 9.90 Å². The second-order valence-electron chi connectivity index (χ2n) is 6.60. The van der Waals surface area contributed by atoms with Gasteiger partial charge in [0.25, 0.3) is 5.91 Å². The molecular weight excluding hydrogens is 372 g/mol. The van der Waals surface area contributed by atoms with E-state index in [0.717, 1.165) is 5.56 Å². The molecule has 0 radical (unpaired) electrons. The van der Waals surface area contributed by atoms with E-state index in [1.807, 2.05) is 6.92 Å². The van der Waals surface area contributed by atoms with E-state index in [2.05, 4.69) is 10.1 Å². The number of carbonyl (C=O) groups is 1. The molecule has 0 saturated heterocycles. The van der Waals surface area contributed by atoms with E-state index >= 15 is 0 Å². The number of aryl methyl sites for hydroxylation is 1. The van der Waals surface area contributed by atoms with Crippen LogP contribution in [0.4, 0.5) is 5.82 Å². The summed E-state index contributed by atoms with van der Waals surface area (Å²) in [7, 11) is 0. The molecule has 0 spiro atoms. The summed E-state index contributed by atoms with van der Waals surface area (Å²) in [5.41, 5.74) is 20.0. The number of carbonyl (C=O) groups excluding carboxylic acids is 1. The van der Waals surface area contributed by atoms with Gasteiger partial charge in [0.1, 0.15) is 34.3 Å². The van der Waals surface area contributed by atoms with Crippen molar-refractivity contribution < 1.29 is 14.6 Å². The lowest BCUT2D eigenvalue weighted by atomic mass is 10.1. The Bertz CT molecular complexity index is 1060. The number of aromatic hydroxyl groups is 1. The van der Waals surface area contributed by atoms with Crippen molar-refractivity contribution in [1.29, 1.82) is 0 Å². The van der Waals surface area contributed by atoms with Crippen LogP contribution < -0.4 is 21.9 Å². The Morgan fingerprint density at radius 3 is 2.69 bits per heavy atom. The predicted octanol–water partition coefficient (Wildman–Crippen LogP) is 1.67. The number of benzene rings is 1. The maximum absolute atomic E-state index is 12.2. The van der Waals surface area contributed by atoms with E-state index in [0.29, 0.717) is 42.3 Å². The number of anilines is 1. The standard InChI is InChI=1S/C20H24N6O3/c1-11-6-7-13(27)12(2)18(11)26-19(22)15(20(23)28)17(25-26)16-14(5-3-9-24-16)29-10-4-8-21/h3,5-7,9,27H,4,8,10,21-22H2,1-2H3,(H2,23,28). The quantitative estimate of drug-likeness (QED) is 0.443. The average Bonchev–Trinajstić information content (AvgIpc) is 3.03. The molecule has 3 rings (SSSR count). The number of primary amides is 1. The predicted molar refractivity (Wildman–Crippen MR) is 110 cm³/mol. The van der Waals surface area contributed by atoms with Crippen molar-refractivity contribution in [3.05, 3.63) is 47.2 Å². The smallest absolute Gasteiger partial charge is 0.254 e. The minimum Gasteiger partial charge on any atom is -0.508 e. The fraction of sp³-hybridized carbons (Fsp3) is 0.250. The molecule has 0 aliphatic carbocycles. The Hall–Kier alpha value is -3.59. The van der Waals surface area contributed by atoms with Gasteiger partial charge in [-0.25, -0.2) is 4.68 Å². The molecule has 2 heterocycles. The molecule has 1 aromatic carbocycles. The van der Waals surface area contributed by atoms with Crippen LogP contribution in [0.5, 0.6) is 11.5 Å². The topological polar surface area (TPSA) is 155 Å². The maximum Gasteiger partial charge on any atom is 0.254 e. The summed E-state index contributed by atoms with van der Waals surface area (Å²) in [5.74, 6) is -0.149. The minimum atomic E-state index is -0.738. The van der Waals surface area contributed by atoms with E-state index in [4.69, 9.17) is 21.9 Å². The molecule has 0 atom stereocenters. The third-order valence-electron chi connectivity index (χ3n) is 4.58. The molecule has 0 saturated carbocycles. The summed E-state index contributed by atoms with van der Waals surface area (Å²) in [6, 6.07) is 6.77. The van der Waals surface area contributed by atoms with Gasteiger partial charge in [0.15, 0.2) is 0 Å². The van der Waals surface area contributed by atoms with Gasteiger partial charge in [-0.3, -0.25) is 9.78 Å². The number of nitrogens with zero attached hydrogens (tertiary/aromatic N) is 3. The Labute approximate surface area is 168 Å². The van der Waals surface area contributed by atoms with Crippen molar-refractivity contribution >= 4 is 11.7 Å². The van der Waals surface area contributed by atoms with Crippen molar-refractivity contribution in [3.8, 4) is 28.6 Å². The molecule has 0 unspecified atom stereocenters. The number of ether oxygens (including phenoxy) is 1. The number of nitrogen functional groups attached to an aromatic ring is 1. The van der Waals surface area contributed by atoms with Crippen LogP contribution in [0.25, 0.3) is 17.1 Å². The maximum atomic E-state index is 12.2. The first-order valence-corrected chi connectivity index (χ1v) is 9.12. The molecule has 1 amide bonds. The summed E-state index contributed by atoms with van der Waals surface area (Å²) in [6.45, 7) is 4.47. The molecule has 152 valence electrons. The van der Waals surface area contributed by atoms with E-state index in [-0.39, 0.29) is 22.8 Å². The fourth-order valence-corrected chi connectivity index (χ4v) is 3.11. The highest BCUT2D eigenvalue weighted by molar-refractivity contribution is 6.03. The monoisotopic (exact) mass is 396 g/mol. The lowest BCUT2D eigenvalue weighted by Gasteiger charge is -2.12. The third kappa shape index (κ3) is 3.72. The average molecular weight is 396 g/mol. The van der Waals surface area contributed by atoms with Gasteiger partial charge in [0.2, 0.25) is 0 Å². The molecule has 9 heteroatoms. The number of hydrogen-bond donors (Lipinski definition) is 4. The van der Waals surface area contributed by atoms with Crippen LogP contribution in [0.1, 0.15) is 27.9 Å². The van der Waals surface area contributed by atoms with Gasteiger partial charge in [0, 0.05) is 11.8 Å². The number of nitrogens with two attached hydrogens (primary N) is 3. The number of pyridine rings is 1. The van der Waals surface area contributed by atoms with Gasteiger partial charge in [-0.05, 0) is 50.6 Å². The molecule has 0 aliphatic rings. The molecule has 7 N–H and O–H groups in total. The number of rotatable bonds is 7. The molecule has 9 nitrogen and oxygen atoms in total. The van der Waals surface area contributed by atoms with Gasteiger partial charge >= 0.3 is 0 Å². The highest BCUT2D eigenvalue weighted by atomic mass is 16.5. The van der Waals surface area contributed by atoms with Gasteiger partial charge in [-0.2, -0.15) is 5.10 Å². The van der Waals surface area contributed by atoms with Crippen LogP contribution in [0.2, 0.25) is 0 Å². The molecule has 0 bridgehead atoms. The Morgan fingerprint density at radius 1 is 1.24 bits per heavy atom. The Balaban J connectivity index is 2.22.